The van der Waals surface area contributed by atoms with Crippen LogP contribution in [0.15, 0.2) is 6.20 Å². The molecule has 0 amide bonds. The second kappa shape index (κ2) is 5.42. The summed E-state index contributed by atoms with van der Waals surface area (Å²) >= 11 is 5.21. The average Bonchev–Trinajstić information content (AvgIpc) is 2.78. The van der Waals surface area contributed by atoms with Crippen molar-refractivity contribution in [2.24, 2.45) is 0 Å². The molecule has 1 aliphatic rings. The van der Waals surface area contributed by atoms with E-state index in [1.165, 1.54) is 23.3 Å². The van der Waals surface area contributed by atoms with Gasteiger partial charge in [-0.1, -0.05) is 6.92 Å². The molecule has 1 aromatic rings. The van der Waals surface area contributed by atoms with E-state index < -0.39 is 5.97 Å². The fourth-order valence-corrected chi connectivity index (χ4v) is 5.84. The summed E-state index contributed by atoms with van der Waals surface area (Å²) in [7, 11) is 0. The molecule has 0 aliphatic carbocycles. The molecule has 1 aromatic heterocycles. The molecule has 3 nitrogen and oxygen atoms in total. The number of aromatic nitrogens is 1. The molecular weight excluding hydrogens is 262 g/mol. The lowest BCUT2D eigenvalue weighted by molar-refractivity contribution is 0.0702. The number of carboxylic acid groups (broad SMARTS) is 1. The van der Waals surface area contributed by atoms with Crippen molar-refractivity contribution in [3.8, 4) is 0 Å². The molecule has 1 N–H and O–H groups in total. The minimum absolute atomic E-state index is 0.348. The molecule has 2 atom stereocenters. The number of hydrogen-bond donors (Lipinski definition) is 1. The summed E-state index contributed by atoms with van der Waals surface area (Å²) in [6, 6.07) is 0. The minimum Gasteiger partial charge on any atom is -0.477 e. The third kappa shape index (κ3) is 2.55. The number of rotatable bonds is 3. The molecule has 0 bridgehead atoms. The highest BCUT2D eigenvalue weighted by molar-refractivity contribution is 8.06. The molecule has 1 aliphatic heterocycles. The van der Waals surface area contributed by atoms with E-state index in [4.69, 9.17) is 5.11 Å². The predicted molar refractivity (Wildman–Crippen MR) is 70.8 cm³/mol. The predicted octanol–water partition coefficient (Wildman–Crippen LogP) is 3.14. The van der Waals surface area contributed by atoms with Gasteiger partial charge in [0, 0.05) is 16.8 Å². The van der Waals surface area contributed by atoms with Crippen molar-refractivity contribution in [3.05, 3.63) is 16.1 Å². The number of aromatic carboxylic acids is 1. The summed E-state index contributed by atoms with van der Waals surface area (Å²) in [6.45, 7) is 2.18. The molecule has 0 saturated carbocycles. The topological polar surface area (TPSA) is 50.2 Å². The van der Waals surface area contributed by atoms with Crippen LogP contribution in [0, 0.1) is 0 Å². The zero-order chi connectivity index (χ0) is 11.5. The summed E-state index contributed by atoms with van der Waals surface area (Å²) in [5, 5.41) is 10.8. The average molecular weight is 275 g/mol. The van der Waals surface area contributed by atoms with Crippen LogP contribution in [0.5, 0.6) is 0 Å². The number of thioether (sulfide) groups is 2. The molecule has 0 aromatic carbocycles. The molecule has 0 radical (unpaired) electrons. The Balaban J connectivity index is 2.17. The molecule has 0 spiro atoms. The first-order chi connectivity index (χ1) is 7.72. The van der Waals surface area contributed by atoms with Gasteiger partial charge in [-0.15, -0.1) is 23.1 Å². The number of nitrogens with zero attached hydrogens (tertiary/aromatic N) is 1. The first-order valence-corrected chi connectivity index (χ1v) is 8.06. The van der Waals surface area contributed by atoms with Gasteiger partial charge in [0.2, 0.25) is 0 Å². The normalized spacial score (nSPS) is 25.6. The standard InChI is InChI=1S/C10H13NO2S3/c1-2-6-8(15-4-3-14-6)9-11-5-7(16-9)10(12)13/h5-6,8H,2-4H2,1H3,(H,12,13). The number of carbonyl (C=O) groups is 1. The summed E-state index contributed by atoms with van der Waals surface area (Å²) < 4.78 is 0. The van der Waals surface area contributed by atoms with Gasteiger partial charge in [-0.2, -0.15) is 11.8 Å². The van der Waals surface area contributed by atoms with E-state index in [0.717, 1.165) is 17.2 Å². The van der Waals surface area contributed by atoms with Crippen LogP contribution in [0.25, 0.3) is 0 Å². The van der Waals surface area contributed by atoms with Gasteiger partial charge in [-0.3, -0.25) is 0 Å². The Morgan fingerprint density at radius 1 is 1.56 bits per heavy atom. The van der Waals surface area contributed by atoms with E-state index in [1.54, 1.807) is 0 Å². The fourth-order valence-electron chi connectivity index (χ4n) is 1.65. The third-order valence-corrected chi connectivity index (χ3v) is 6.90. The Morgan fingerprint density at radius 2 is 2.31 bits per heavy atom. The largest absolute Gasteiger partial charge is 0.477 e. The Labute approximate surface area is 107 Å². The van der Waals surface area contributed by atoms with Crippen LogP contribution in [0.1, 0.15) is 33.3 Å². The van der Waals surface area contributed by atoms with Crippen LogP contribution in [0.4, 0.5) is 0 Å². The van der Waals surface area contributed by atoms with E-state index in [0.29, 0.717) is 15.4 Å². The Hall–Kier alpha value is -0.200. The van der Waals surface area contributed by atoms with Gasteiger partial charge in [0.25, 0.3) is 0 Å². The van der Waals surface area contributed by atoms with Crippen LogP contribution in [-0.2, 0) is 0 Å². The molecule has 2 unspecified atom stereocenters. The smallest absolute Gasteiger partial charge is 0.347 e. The fraction of sp³-hybridized carbons (Fsp3) is 0.600. The van der Waals surface area contributed by atoms with Crippen molar-refractivity contribution < 1.29 is 9.90 Å². The zero-order valence-electron chi connectivity index (χ0n) is 8.88. The quantitative estimate of drug-likeness (QED) is 0.918. The number of carboxylic acids is 1. The zero-order valence-corrected chi connectivity index (χ0v) is 11.3. The van der Waals surface area contributed by atoms with Crippen molar-refractivity contribution in [2.75, 3.05) is 11.5 Å². The maximum absolute atomic E-state index is 10.8. The van der Waals surface area contributed by atoms with Gasteiger partial charge < -0.3 is 5.11 Å². The lowest BCUT2D eigenvalue weighted by Crippen LogP contribution is -2.17. The highest BCUT2D eigenvalue weighted by Crippen LogP contribution is 2.45. The monoisotopic (exact) mass is 275 g/mol. The van der Waals surface area contributed by atoms with Gasteiger partial charge >= 0.3 is 5.97 Å². The van der Waals surface area contributed by atoms with Gasteiger partial charge in [0.1, 0.15) is 9.88 Å². The molecule has 1 saturated heterocycles. The van der Waals surface area contributed by atoms with Gasteiger partial charge in [-0.25, -0.2) is 9.78 Å². The Morgan fingerprint density at radius 3 is 2.94 bits per heavy atom. The summed E-state index contributed by atoms with van der Waals surface area (Å²) in [4.78, 5) is 15.4. The van der Waals surface area contributed by atoms with Crippen LogP contribution >= 0.6 is 34.9 Å². The maximum atomic E-state index is 10.8. The lowest BCUT2D eigenvalue weighted by atomic mass is 10.2. The van der Waals surface area contributed by atoms with E-state index in [1.807, 2.05) is 23.5 Å². The second-order valence-electron chi connectivity index (χ2n) is 3.48. The lowest BCUT2D eigenvalue weighted by Gasteiger charge is -2.28. The van der Waals surface area contributed by atoms with E-state index in [-0.39, 0.29) is 0 Å². The highest BCUT2D eigenvalue weighted by Gasteiger charge is 2.29. The van der Waals surface area contributed by atoms with E-state index in [9.17, 15) is 4.79 Å². The van der Waals surface area contributed by atoms with Crippen molar-refractivity contribution in [1.82, 2.24) is 4.98 Å². The molecule has 2 heterocycles. The third-order valence-electron chi connectivity index (χ3n) is 2.43. The minimum atomic E-state index is -0.870. The van der Waals surface area contributed by atoms with Gasteiger partial charge in [-0.05, 0) is 6.42 Å². The van der Waals surface area contributed by atoms with Crippen LogP contribution in [0.3, 0.4) is 0 Å². The van der Waals surface area contributed by atoms with E-state index in [2.05, 4.69) is 11.9 Å². The molecule has 88 valence electrons. The Kier molecular flexibility index (Phi) is 4.16. The Bertz CT molecular complexity index is 380. The highest BCUT2D eigenvalue weighted by atomic mass is 32.2. The SMILES string of the molecule is CCC1SCCSC1c1ncc(C(=O)O)s1. The van der Waals surface area contributed by atoms with Crippen molar-refractivity contribution in [1.29, 1.82) is 0 Å². The second-order valence-corrected chi connectivity index (χ2v) is 7.14. The van der Waals surface area contributed by atoms with Gasteiger partial charge in [0.05, 0.1) is 11.4 Å². The summed E-state index contributed by atoms with van der Waals surface area (Å²) in [6.07, 6.45) is 2.60. The van der Waals surface area contributed by atoms with Crippen LogP contribution in [0.2, 0.25) is 0 Å². The molecular formula is C10H13NO2S3. The van der Waals surface area contributed by atoms with Crippen molar-refractivity contribution in [3.63, 3.8) is 0 Å². The number of hydrogen-bond acceptors (Lipinski definition) is 5. The van der Waals surface area contributed by atoms with Gasteiger partial charge in [0.15, 0.2) is 0 Å². The summed E-state index contributed by atoms with van der Waals surface area (Å²) in [5.74, 6) is 1.45. The molecule has 16 heavy (non-hydrogen) atoms. The molecule has 2 rings (SSSR count). The van der Waals surface area contributed by atoms with Crippen molar-refractivity contribution in [2.45, 2.75) is 23.8 Å². The summed E-state index contributed by atoms with van der Waals surface area (Å²) in [5.41, 5.74) is 0. The van der Waals surface area contributed by atoms with Crippen LogP contribution in [-0.4, -0.2) is 32.8 Å². The maximum Gasteiger partial charge on any atom is 0.347 e. The first kappa shape index (κ1) is 12.3. The van der Waals surface area contributed by atoms with E-state index >= 15 is 0 Å². The van der Waals surface area contributed by atoms with Crippen LogP contribution < -0.4 is 0 Å². The number of thiazole rings is 1. The molecule has 6 heteroatoms. The first-order valence-electron chi connectivity index (χ1n) is 5.14. The van der Waals surface area contributed by atoms with Crippen molar-refractivity contribution >= 4 is 40.8 Å². The molecule has 1 fully saturated rings.